The lowest BCUT2D eigenvalue weighted by atomic mass is 10.0. The fraction of sp³-hybridized carbons (Fsp3) is 0.927. The third-order valence-corrected chi connectivity index (χ3v) is 10.7. The van der Waals surface area contributed by atoms with Crippen molar-refractivity contribution in [1.82, 2.24) is 5.32 Å². The summed E-state index contributed by atoms with van der Waals surface area (Å²) in [7, 11) is -4.39. The van der Waals surface area contributed by atoms with Gasteiger partial charge in [0.2, 0.25) is 5.91 Å². The zero-order chi connectivity index (χ0) is 37.7. The van der Waals surface area contributed by atoms with Gasteiger partial charge in [-0.15, -0.1) is 0 Å². The molecular weight excluding hydrogens is 663 g/mol. The summed E-state index contributed by atoms with van der Waals surface area (Å²) in [5.74, 6) is -0.443. The number of phosphoric ester groups is 1. The molecule has 0 aliphatic rings. The van der Waals surface area contributed by atoms with Crippen molar-refractivity contribution in [2.45, 2.75) is 225 Å². The Kier molecular flexibility index (Phi) is 36.9. The summed E-state index contributed by atoms with van der Waals surface area (Å²) in [6.45, 7) is 3.98. The quantitative estimate of drug-likeness (QED) is 0.0236. The number of hydrogen-bond donors (Lipinski definition) is 5. The number of amides is 1. The topological polar surface area (TPSA) is 151 Å². The molecule has 0 saturated carbocycles. The van der Waals surface area contributed by atoms with Crippen molar-refractivity contribution in [2.75, 3.05) is 19.8 Å². The Morgan fingerprint density at radius 3 is 1.51 bits per heavy atom. The molecule has 0 spiro atoms. The molecule has 0 heterocycles. The van der Waals surface area contributed by atoms with E-state index >= 15 is 0 Å². The highest BCUT2D eigenvalue weighted by atomic mass is 31.2. The molecule has 0 aliphatic carbocycles. The minimum absolute atomic E-state index is 0.0514. The number of hydrogen-bond acceptors (Lipinski definition) is 7. The average Bonchev–Trinajstić information content (AvgIpc) is 3.10. The highest BCUT2D eigenvalue weighted by Crippen LogP contribution is 2.43. The van der Waals surface area contributed by atoms with Gasteiger partial charge in [-0.3, -0.25) is 13.8 Å². The van der Waals surface area contributed by atoms with E-state index in [0.29, 0.717) is 6.42 Å². The first-order chi connectivity index (χ1) is 24.8. The molecule has 1 amide bonds. The van der Waals surface area contributed by atoms with Crippen molar-refractivity contribution in [3.8, 4) is 0 Å². The predicted molar refractivity (Wildman–Crippen MR) is 214 cm³/mol. The standard InChI is InChI=1S/C41H83N2O7P/c1-3-5-7-9-11-13-15-17-18-19-21-22-24-26-28-30-32-38(44)36-41(46)43-39(37-50-51(47,48)49-35-34-42)40(45)33-31-29-27-25-23-20-16-14-12-10-8-6-4-2/h31,33,38-40,44-45H,3-30,32,34-37,42H2,1-2H3,(H,43,46)(H,47,48)/b33-31+. The van der Waals surface area contributed by atoms with Crippen LogP contribution in [0.3, 0.4) is 0 Å². The molecule has 0 fully saturated rings. The van der Waals surface area contributed by atoms with Crippen LogP contribution in [0, 0.1) is 0 Å². The van der Waals surface area contributed by atoms with Crippen LogP contribution in [0.2, 0.25) is 0 Å². The number of nitrogens with two attached hydrogens (primary N) is 1. The van der Waals surface area contributed by atoms with Crippen LogP contribution in [0.15, 0.2) is 12.2 Å². The molecule has 0 aromatic rings. The van der Waals surface area contributed by atoms with Crippen molar-refractivity contribution in [3.05, 3.63) is 12.2 Å². The van der Waals surface area contributed by atoms with Crippen LogP contribution in [0.4, 0.5) is 0 Å². The number of carbonyl (C=O) groups is 1. The molecule has 9 nitrogen and oxygen atoms in total. The molecule has 304 valence electrons. The van der Waals surface area contributed by atoms with Gasteiger partial charge in [0.15, 0.2) is 0 Å². The Morgan fingerprint density at radius 1 is 0.667 bits per heavy atom. The van der Waals surface area contributed by atoms with Crippen LogP contribution in [0.5, 0.6) is 0 Å². The van der Waals surface area contributed by atoms with E-state index in [1.54, 1.807) is 6.08 Å². The molecule has 0 rings (SSSR count). The number of unbranched alkanes of at least 4 members (excludes halogenated alkanes) is 26. The molecule has 6 N–H and O–H groups in total. The molecule has 0 radical (unpaired) electrons. The van der Waals surface area contributed by atoms with Gasteiger partial charge in [0.1, 0.15) is 0 Å². The minimum Gasteiger partial charge on any atom is -0.393 e. The van der Waals surface area contributed by atoms with Gasteiger partial charge in [0, 0.05) is 6.54 Å². The number of rotatable bonds is 40. The van der Waals surface area contributed by atoms with Gasteiger partial charge in [0.05, 0.1) is 37.9 Å². The molecule has 4 unspecified atom stereocenters. The van der Waals surface area contributed by atoms with Gasteiger partial charge in [-0.05, 0) is 19.3 Å². The number of carbonyl (C=O) groups excluding carboxylic acids is 1. The lowest BCUT2D eigenvalue weighted by molar-refractivity contribution is -0.124. The second-order valence-electron chi connectivity index (χ2n) is 14.8. The molecule has 0 saturated heterocycles. The summed E-state index contributed by atoms with van der Waals surface area (Å²) in [6, 6.07) is -0.976. The monoisotopic (exact) mass is 747 g/mol. The summed E-state index contributed by atoms with van der Waals surface area (Å²) in [5.41, 5.74) is 5.36. The van der Waals surface area contributed by atoms with Crippen LogP contribution in [0.1, 0.15) is 206 Å². The van der Waals surface area contributed by atoms with E-state index in [1.165, 1.54) is 141 Å². The van der Waals surface area contributed by atoms with E-state index in [-0.39, 0.29) is 19.6 Å². The lowest BCUT2D eigenvalue weighted by Gasteiger charge is -2.24. The molecule has 51 heavy (non-hydrogen) atoms. The number of aliphatic hydroxyl groups excluding tert-OH is 2. The highest BCUT2D eigenvalue weighted by molar-refractivity contribution is 7.47. The summed E-state index contributed by atoms with van der Waals surface area (Å²) in [6.07, 6.45) is 37.2. The van der Waals surface area contributed by atoms with Crippen LogP contribution < -0.4 is 11.1 Å². The SMILES string of the molecule is CCCCCCCCCCCCC/C=C/C(O)C(COP(=O)(O)OCCN)NC(=O)CC(O)CCCCCCCCCCCCCCCCCC. The minimum atomic E-state index is -4.39. The van der Waals surface area contributed by atoms with E-state index < -0.39 is 38.6 Å². The molecule has 0 aliphatic heterocycles. The summed E-state index contributed by atoms with van der Waals surface area (Å²) in [5, 5.41) is 24.0. The first-order valence-electron chi connectivity index (χ1n) is 21.4. The maximum atomic E-state index is 12.8. The maximum absolute atomic E-state index is 12.8. The van der Waals surface area contributed by atoms with Crippen molar-refractivity contribution in [3.63, 3.8) is 0 Å². The Bertz CT molecular complexity index is 832. The first-order valence-corrected chi connectivity index (χ1v) is 22.9. The second kappa shape index (κ2) is 37.5. The largest absolute Gasteiger partial charge is 0.472 e. The summed E-state index contributed by atoms with van der Waals surface area (Å²) in [4.78, 5) is 22.7. The molecule has 4 atom stereocenters. The van der Waals surface area contributed by atoms with Crippen molar-refractivity contribution in [2.24, 2.45) is 5.73 Å². The lowest BCUT2D eigenvalue weighted by Crippen LogP contribution is -2.46. The number of phosphoric acid groups is 1. The first kappa shape index (κ1) is 50.2. The Balaban J connectivity index is 4.30. The van der Waals surface area contributed by atoms with Gasteiger partial charge in [-0.2, -0.15) is 0 Å². The van der Waals surface area contributed by atoms with Crippen molar-refractivity contribution < 1.29 is 33.5 Å². The third kappa shape index (κ3) is 36.0. The van der Waals surface area contributed by atoms with Gasteiger partial charge in [-0.1, -0.05) is 193 Å². The van der Waals surface area contributed by atoms with Gasteiger partial charge < -0.3 is 26.2 Å². The molecule has 0 bridgehead atoms. The fourth-order valence-corrected chi connectivity index (χ4v) is 7.17. The van der Waals surface area contributed by atoms with E-state index in [1.807, 2.05) is 6.08 Å². The van der Waals surface area contributed by atoms with Crippen molar-refractivity contribution in [1.29, 1.82) is 0 Å². The van der Waals surface area contributed by atoms with E-state index in [4.69, 9.17) is 14.8 Å². The second-order valence-corrected chi connectivity index (χ2v) is 16.2. The smallest absolute Gasteiger partial charge is 0.393 e. The summed E-state index contributed by atoms with van der Waals surface area (Å²) < 4.78 is 22.0. The van der Waals surface area contributed by atoms with Crippen LogP contribution in [0.25, 0.3) is 0 Å². The molecule has 10 heteroatoms. The Morgan fingerprint density at radius 2 is 1.08 bits per heavy atom. The Hall–Kier alpha value is -0.800. The van der Waals surface area contributed by atoms with Crippen LogP contribution in [-0.2, 0) is 18.4 Å². The highest BCUT2D eigenvalue weighted by Gasteiger charge is 2.27. The molecular formula is C41H83N2O7P. The van der Waals surface area contributed by atoms with Crippen LogP contribution in [-0.4, -0.2) is 59.0 Å². The van der Waals surface area contributed by atoms with E-state index in [2.05, 4.69) is 19.2 Å². The van der Waals surface area contributed by atoms with E-state index in [0.717, 1.165) is 38.5 Å². The van der Waals surface area contributed by atoms with Crippen molar-refractivity contribution >= 4 is 13.7 Å². The third-order valence-electron chi connectivity index (χ3n) is 9.67. The zero-order valence-electron chi connectivity index (χ0n) is 33.2. The Labute approximate surface area is 314 Å². The van der Waals surface area contributed by atoms with Gasteiger partial charge in [-0.25, -0.2) is 4.57 Å². The fourth-order valence-electron chi connectivity index (χ4n) is 6.41. The number of nitrogens with one attached hydrogen (secondary N) is 1. The molecule has 0 aromatic heterocycles. The number of aliphatic hydroxyl groups is 2. The zero-order valence-corrected chi connectivity index (χ0v) is 34.1. The average molecular weight is 747 g/mol. The molecule has 0 aromatic carbocycles. The predicted octanol–water partition coefficient (Wildman–Crippen LogP) is 10.6. The number of allylic oxidation sites excluding steroid dienone is 1. The normalized spacial score (nSPS) is 14.9. The maximum Gasteiger partial charge on any atom is 0.472 e. The van der Waals surface area contributed by atoms with Gasteiger partial charge >= 0.3 is 7.82 Å². The van der Waals surface area contributed by atoms with Gasteiger partial charge in [0.25, 0.3) is 0 Å². The van der Waals surface area contributed by atoms with Crippen LogP contribution >= 0.6 is 7.82 Å². The summed E-state index contributed by atoms with van der Waals surface area (Å²) >= 11 is 0. The van der Waals surface area contributed by atoms with E-state index in [9.17, 15) is 24.5 Å².